The van der Waals surface area contributed by atoms with Gasteiger partial charge < -0.3 is 25.9 Å². The van der Waals surface area contributed by atoms with Crippen LogP contribution < -0.4 is 32.6 Å². The van der Waals surface area contributed by atoms with Crippen LogP contribution in [0.1, 0.15) is 43.5 Å². The molecular weight excluding hydrogens is 432 g/mol. The van der Waals surface area contributed by atoms with Crippen LogP contribution in [0.15, 0.2) is 53.3 Å². The molecule has 1 aliphatic carbocycles. The van der Waals surface area contributed by atoms with Crippen molar-refractivity contribution in [3.05, 3.63) is 59.5 Å². The van der Waals surface area contributed by atoms with Gasteiger partial charge in [0.05, 0.1) is 35.4 Å². The molecule has 10 nitrogen and oxygen atoms in total. The van der Waals surface area contributed by atoms with Gasteiger partial charge in [0.25, 0.3) is 0 Å². The van der Waals surface area contributed by atoms with Crippen LogP contribution in [0.3, 0.4) is 0 Å². The highest BCUT2D eigenvalue weighted by molar-refractivity contribution is 5.81. The molecule has 0 amide bonds. The van der Waals surface area contributed by atoms with Crippen LogP contribution in [0.5, 0.6) is 11.5 Å². The molecule has 34 heavy (non-hydrogen) atoms. The van der Waals surface area contributed by atoms with Crippen LogP contribution in [-0.2, 0) is 0 Å². The molecule has 0 unspecified atom stereocenters. The maximum absolute atomic E-state index is 6.43. The summed E-state index contributed by atoms with van der Waals surface area (Å²) in [5, 5.41) is 6.72. The van der Waals surface area contributed by atoms with E-state index in [0.29, 0.717) is 22.8 Å². The summed E-state index contributed by atoms with van der Waals surface area (Å²) in [6.07, 6.45) is 6.10. The maximum atomic E-state index is 6.43. The highest BCUT2D eigenvalue weighted by Crippen LogP contribution is 2.26. The fourth-order valence-corrected chi connectivity index (χ4v) is 3.78. The third-order valence-electron chi connectivity index (χ3n) is 5.59. The molecule has 3 rings (SSSR count). The second-order valence-electron chi connectivity index (χ2n) is 8.42. The fourth-order valence-electron chi connectivity index (χ4n) is 3.78. The van der Waals surface area contributed by atoms with Gasteiger partial charge in [0.15, 0.2) is 5.84 Å². The number of benzene rings is 1. The Hall–Kier alpha value is -3.50. The number of ether oxygens (including phenoxy) is 2. The van der Waals surface area contributed by atoms with Gasteiger partial charge in [-0.05, 0) is 56.9 Å². The number of nitrogens with two attached hydrogens (primary N) is 4. The van der Waals surface area contributed by atoms with Gasteiger partial charge in [-0.15, -0.1) is 5.10 Å². The van der Waals surface area contributed by atoms with E-state index in [9.17, 15) is 0 Å². The van der Waals surface area contributed by atoms with Gasteiger partial charge in [0.1, 0.15) is 18.1 Å². The highest BCUT2D eigenvalue weighted by Gasteiger charge is 2.18. The Labute approximate surface area is 201 Å². The van der Waals surface area contributed by atoms with Crippen molar-refractivity contribution >= 4 is 11.5 Å². The van der Waals surface area contributed by atoms with E-state index in [4.69, 9.17) is 32.6 Å². The van der Waals surface area contributed by atoms with Crippen LogP contribution in [-0.4, -0.2) is 47.2 Å². The minimum Gasteiger partial charge on any atom is -0.489 e. The fraction of sp³-hybridized carbons (Fsp3) is 0.417. The molecule has 0 spiro atoms. The van der Waals surface area contributed by atoms with E-state index in [-0.39, 0.29) is 25.1 Å². The van der Waals surface area contributed by atoms with Gasteiger partial charge in [-0.2, -0.15) is 0 Å². The van der Waals surface area contributed by atoms with Crippen molar-refractivity contribution in [2.45, 2.75) is 45.1 Å². The van der Waals surface area contributed by atoms with Gasteiger partial charge in [0.2, 0.25) is 0 Å². The van der Waals surface area contributed by atoms with Crippen molar-refractivity contribution in [1.82, 2.24) is 15.1 Å². The zero-order valence-corrected chi connectivity index (χ0v) is 20.0. The summed E-state index contributed by atoms with van der Waals surface area (Å²) in [5.41, 5.74) is 14.7. The Morgan fingerprint density at radius 3 is 2.41 bits per heavy atom. The standard InChI is InChI=1S/C24H36N8O2/c1-17-22(34-19-11-7-4-8-12-19)14-13-20(29-17)24(26)21(31(2)27)15-32(28)30-23(25)16-33-18-9-5-3-6-10-18/h3,5-6,9-10,13-14,19H,4,7-8,11-12,15-16,26-28H2,1-2H3,(H2,25,30)/b24-21-. The number of hydrogen-bond acceptors (Lipinski definition) is 9. The SMILES string of the molecule is Cc1nc(/C(N)=C(\CN(N)/N=C(\N)COc2ccccc2)N(C)N)ccc1OC1CCCCC1. The molecule has 0 atom stereocenters. The summed E-state index contributed by atoms with van der Waals surface area (Å²) in [4.78, 5) is 4.64. The summed E-state index contributed by atoms with van der Waals surface area (Å²) >= 11 is 0. The number of rotatable bonds is 10. The normalized spacial score (nSPS) is 15.5. The Kier molecular flexibility index (Phi) is 8.94. The van der Waals surface area contributed by atoms with E-state index in [1.165, 1.54) is 29.4 Å². The molecule has 10 heteroatoms. The van der Waals surface area contributed by atoms with Crippen LogP contribution in [0.2, 0.25) is 0 Å². The Morgan fingerprint density at radius 1 is 1.06 bits per heavy atom. The molecule has 1 aromatic heterocycles. The zero-order valence-electron chi connectivity index (χ0n) is 20.0. The van der Waals surface area contributed by atoms with Gasteiger partial charge in [-0.25, -0.2) is 21.8 Å². The summed E-state index contributed by atoms with van der Waals surface area (Å²) < 4.78 is 11.8. The van der Waals surface area contributed by atoms with Crippen LogP contribution in [0.4, 0.5) is 0 Å². The number of amidine groups is 1. The Morgan fingerprint density at radius 2 is 1.76 bits per heavy atom. The number of pyridine rings is 1. The quantitative estimate of drug-likeness (QED) is 0.177. The smallest absolute Gasteiger partial charge is 0.159 e. The van der Waals surface area contributed by atoms with Crippen molar-refractivity contribution in [2.24, 2.45) is 28.3 Å². The average molecular weight is 469 g/mol. The lowest BCUT2D eigenvalue weighted by atomic mass is 9.98. The molecule has 1 aromatic carbocycles. The lowest BCUT2D eigenvalue weighted by Crippen LogP contribution is -2.39. The van der Waals surface area contributed by atoms with E-state index >= 15 is 0 Å². The molecule has 1 fully saturated rings. The molecule has 0 saturated heterocycles. The van der Waals surface area contributed by atoms with Crippen LogP contribution in [0.25, 0.3) is 5.70 Å². The molecule has 1 heterocycles. The van der Waals surface area contributed by atoms with E-state index < -0.39 is 0 Å². The number of aryl methyl sites for hydroxylation is 1. The number of aromatic nitrogens is 1. The molecular formula is C24H36N8O2. The summed E-state index contributed by atoms with van der Waals surface area (Å²) in [6, 6.07) is 13.1. The number of para-hydroxylation sites is 1. The molecule has 8 N–H and O–H groups in total. The van der Waals surface area contributed by atoms with Crippen LogP contribution in [0, 0.1) is 6.92 Å². The number of nitrogens with zero attached hydrogens (tertiary/aromatic N) is 4. The van der Waals surface area contributed by atoms with Crippen molar-refractivity contribution in [2.75, 3.05) is 20.2 Å². The van der Waals surface area contributed by atoms with Crippen molar-refractivity contribution in [3.8, 4) is 11.5 Å². The zero-order chi connectivity index (χ0) is 24.5. The summed E-state index contributed by atoms with van der Waals surface area (Å²) in [6.45, 7) is 2.12. The lowest BCUT2D eigenvalue weighted by molar-refractivity contribution is 0.153. The first-order valence-electron chi connectivity index (χ1n) is 11.5. The number of hydrazone groups is 1. The van der Waals surface area contributed by atoms with Gasteiger partial charge >= 0.3 is 0 Å². The lowest BCUT2D eigenvalue weighted by Gasteiger charge is -2.25. The summed E-state index contributed by atoms with van der Waals surface area (Å²) in [7, 11) is 1.68. The minimum absolute atomic E-state index is 0.0912. The maximum Gasteiger partial charge on any atom is 0.159 e. The average Bonchev–Trinajstić information content (AvgIpc) is 2.83. The first-order valence-corrected chi connectivity index (χ1v) is 11.5. The van der Waals surface area contributed by atoms with Gasteiger partial charge in [-0.3, -0.25) is 0 Å². The molecule has 2 aromatic rings. The second kappa shape index (κ2) is 12.1. The molecule has 184 valence electrons. The Balaban J connectivity index is 1.67. The topological polar surface area (TPSA) is 154 Å². The molecule has 0 bridgehead atoms. The summed E-state index contributed by atoms with van der Waals surface area (Å²) in [5.74, 6) is 13.8. The first-order chi connectivity index (χ1) is 16.3. The minimum atomic E-state index is 0.0912. The number of hydrogen-bond donors (Lipinski definition) is 4. The van der Waals surface area contributed by atoms with Gasteiger partial charge in [0, 0.05) is 7.05 Å². The third-order valence-corrected chi connectivity index (χ3v) is 5.59. The van der Waals surface area contributed by atoms with Gasteiger partial charge in [-0.1, -0.05) is 24.6 Å². The highest BCUT2D eigenvalue weighted by atomic mass is 16.5. The second-order valence-corrected chi connectivity index (χ2v) is 8.42. The first kappa shape index (κ1) is 25.1. The predicted octanol–water partition coefficient (Wildman–Crippen LogP) is 2.06. The van der Waals surface area contributed by atoms with Crippen molar-refractivity contribution < 1.29 is 9.47 Å². The molecule has 1 saturated carbocycles. The molecule has 0 radical (unpaired) electrons. The predicted molar refractivity (Wildman–Crippen MR) is 134 cm³/mol. The van der Waals surface area contributed by atoms with Crippen molar-refractivity contribution in [3.63, 3.8) is 0 Å². The Bertz CT molecular complexity index is 988. The van der Waals surface area contributed by atoms with E-state index in [1.54, 1.807) is 7.05 Å². The van der Waals surface area contributed by atoms with E-state index in [0.717, 1.165) is 24.3 Å². The van der Waals surface area contributed by atoms with Crippen LogP contribution >= 0.6 is 0 Å². The number of likely N-dealkylation sites (N-methyl/N-ethyl adjacent to an activating group) is 1. The largest absolute Gasteiger partial charge is 0.489 e. The number of hydrazine groups is 2. The van der Waals surface area contributed by atoms with Crippen molar-refractivity contribution in [1.29, 1.82) is 0 Å². The molecule has 1 aliphatic rings. The van der Waals surface area contributed by atoms with E-state index in [2.05, 4.69) is 10.1 Å². The molecule has 0 aliphatic heterocycles. The third kappa shape index (κ3) is 7.26. The monoisotopic (exact) mass is 468 g/mol. The van der Waals surface area contributed by atoms with E-state index in [1.807, 2.05) is 49.4 Å².